The first-order valence-electron chi connectivity index (χ1n) is 8.36. The third-order valence-corrected chi connectivity index (χ3v) is 4.08. The Morgan fingerprint density at radius 1 is 1.21 bits per heavy atom. The summed E-state index contributed by atoms with van der Waals surface area (Å²) >= 11 is 0. The van der Waals surface area contributed by atoms with E-state index in [0.717, 1.165) is 5.56 Å². The molecule has 1 aliphatic heterocycles. The highest BCUT2D eigenvalue weighted by atomic mass is 19.1. The monoisotopic (exact) mass is 338 g/mol. The smallest absolute Gasteiger partial charge is 0.410 e. The number of hydrogen-bond donors (Lipinski definition) is 1. The number of nitrogens with zero attached hydrogens (tertiary/aromatic N) is 2. The molecule has 24 heavy (non-hydrogen) atoms. The Balaban J connectivity index is 1.87. The summed E-state index contributed by atoms with van der Waals surface area (Å²) in [6.07, 6.45) is 0.365. The van der Waals surface area contributed by atoms with E-state index < -0.39 is 5.60 Å². The zero-order valence-corrected chi connectivity index (χ0v) is 14.7. The lowest BCUT2D eigenvalue weighted by molar-refractivity contribution is 0.00679. The lowest BCUT2D eigenvalue weighted by Gasteiger charge is -2.39. The lowest BCUT2D eigenvalue weighted by Crippen LogP contribution is -2.54. The second-order valence-corrected chi connectivity index (χ2v) is 7.17. The van der Waals surface area contributed by atoms with Crippen LogP contribution >= 0.6 is 0 Å². The van der Waals surface area contributed by atoms with Gasteiger partial charge in [0.2, 0.25) is 0 Å². The fraction of sp³-hybridized carbons (Fsp3) is 0.611. The fourth-order valence-electron chi connectivity index (χ4n) is 2.80. The minimum atomic E-state index is -0.496. The molecule has 1 atom stereocenters. The van der Waals surface area contributed by atoms with Crippen LogP contribution in [0.25, 0.3) is 0 Å². The van der Waals surface area contributed by atoms with Crippen LogP contribution in [-0.2, 0) is 11.2 Å². The van der Waals surface area contributed by atoms with Gasteiger partial charge in [0.1, 0.15) is 11.4 Å². The van der Waals surface area contributed by atoms with E-state index in [1.807, 2.05) is 20.8 Å². The van der Waals surface area contributed by atoms with Gasteiger partial charge < -0.3 is 14.7 Å². The number of halogens is 1. The van der Waals surface area contributed by atoms with Crippen molar-refractivity contribution in [3.05, 3.63) is 35.6 Å². The Bertz CT molecular complexity index is 534. The Kier molecular flexibility index (Phi) is 6.18. The lowest BCUT2D eigenvalue weighted by atomic mass is 10.0. The molecule has 1 aliphatic rings. The number of carbonyl (C=O) groups excluding carboxylic acids is 1. The molecule has 2 rings (SSSR count). The Morgan fingerprint density at radius 3 is 2.29 bits per heavy atom. The molecule has 134 valence electrons. The normalized spacial score (nSPS) is 17.6. The predicted octanol–water partition coefficient (Wildman–Crippen LogP) is 2.28. The summed E-state index contributed by atoms with van der Waals surface area (Å²) in [6, 6.07) is 6.33. The molecular weight excluding hydrogens is 311 g/mol. The molecule has 5 nitrogen and oxygen atoms in total. The molecule has 1 amide bonds. The molecule has 1 heterocycles. The van der Waals surface area contributed by atoms with Crippen molar-refractivity contribution in [2.75, 3.05) is 32.8 Å². The van der Waals surface area contributed by atoms with E-state index in [-0.39, 0.29) is 24.6 Å². The van der Waals surface area contributed by atoms with Gasteiger partial charge in [0.05, 0.1) is 6.61 Å². The molecule has 0 saturated carbocycles. The highest BCUT2D eigenvalue weighted by Gasteiger charge is 2.28. The van der Waals surface area contributed by atoms with E-state index in [1.54, 1.807) is 17.0 Å². The number of aliphatic hydroxyl groups excluding tert-OH is 1. The molecule has 1 N–H and O–H groups in total. The van der Waals surface area contributed by atoms with Gasteiger partial charge in [-0.1, -0.05) is 12.1 Å². The van der Waals surface area contributed by atoms with Crippen molar-refractivity contribution in [2.45, 2.75) is 38.8 Å². The maximum Gasteiger partial charge on any atom is 0.410 e. The van der Waals surface area contributed by atoms with E-state index in [0.29, 0.717) is 32.6 Å². The van der Waals surface area contributed by atoms with Gasteiger partial charge in [-0.05, 0) is 44.9 Å². The molecule has 1 fully saturated rings. The molecule has 0 spiro atoms. The minimum absolute atomic E-state index is 0.0313. The van der Waals surface area contributed by atoms with Crippen molar-refractivity contribution >= 4 is 6.09 Å². The average Bonchev–Trinajstić information content (AvgIpc) is 2.53. The molecule has 0 unspecified atom stereocenters. The van der Waals surface area contributed by atoms with Crippen molar-refractivity contribution in [3.8, 4) is 0 Å². The highest BCUT2D eigenvalue weighted by molar-refractivity contribution is 5.68. The summed E-state index contributed by atoms with van der Waals surface area (Å²) in [5.74, 6) is -0.259. The molecule has 0 aliphatic carbocycles. The third-order valence-electron chi connectivity index (χ3n) is 4.08. The number of ether oxygens (including phenoxy) is 1. The SMILES string of the molecule is CC(C)(C)OC(=O)N1CCN([C@H](CO)Cc2ccc(F)cc2)CC1. The molecular formula is C18H27FN2O3. The van der Waals surface area contributed by atoms with Crippen molar-refractivity contribution in [2.24, 2.45) is 0 Å². The maximum absolute atomic E-state index is 13.0. The molecule has 0 bridgehead atoms. The first-order valence-corrected chi connectivity index (χ1v) is 8.36. The van der Waals surface area contributed by atoms with Crippen LogP contribution in [0, 0.1) is 5.82 Å². The Morgan fingerprint density at radius 2 is 1.79 bits per heavy atom. The fourth-order valence-corrected chi connectivity index (χ4v) is 2.80. The third kappa shape index (κ3) is 5.46. The van der Waals surface area contributed by atoms with Crippen molar-refractivity contribution < 1.29 is 19.0 Å². The van der Waals surface area contributed by atoms with Gasteiger partial charge in [-0.2, -0.15) is 0 Å². The predicted molar refractivity (Wildman–Crippen MR) is 90.4 cm³/mol. The summed E-state index contributed by atoms with van der Waals surface area (Å²) < 4.78 is 18.4. The van der Waals surface area contributed by atoms with Crippen molar-refractivity contribution in [1.82, 2.24) is 9.80 Å². The molecule has 0 radical (unpaired) electrons. The number of hydrogen-bond acceptors (Lipinski definition) is 4. The molecule has 1 saturated heterocycles. The van der Waals surface area contributed by atoms with Gasteiger partial charge in [0, 0.05) is 32.2 Å². The summed E-state index contributed by atoms with van der Waals surface area (Å²) in [6.45, 7) is 8.12. The van der Waals surface area contributed by atoms with Crippen LogP contribution in [0.15, 0.2) is 24.3 Å². The van der Waals surface area contributed by atoms with Crippen LogP contribution in [0.2, 0.25) is 0 Å². The quantitative estimate of drug-likeness (QED) is 0.915. The van der Waals surface area contributed by atoms with Gasteiger partial charge in [0.25, 0.3) is 0 Å². The van der Waals surface area contributed by atoms with Gasteiger partial charge >= 0.3 is 6.09 Å². The second-order valence-electron chi connectivity index (χ2n) is 7.17. The van der Waals surface area contributed by atoms with Crippen molar-refractivity contribution in [1.29, 1.82) is 0 Å². The van der Waals surface area contributed by atoms with E-state index in [9.17, 15) is 14.3 Å². The number of carbonyl (C=O) groups is 1. The van der Waals surface area contributed by atoms with E-state index in [4.69, 9.17) is 4.74 Å². The zero-order chi connectivity index (χ0) is 17.7. The van der Waals surface area contributed by atoms with Crippen molar-refractivity contribution in [3.63, 3.8) is 0 Å². The zero-order valence-electron chi connectivity index (χ0n) is 14.7. The number of benzene rings is 1. The first kappa shape index (κ1) is 18.7. The number of amides is 1. The maximum atomic E-state index is 13.0. The number of rotatable bonds is 4. The standard InChI is InChI=1S/C18H27FN2O3/c1-18(2,3)24-17(23)21-10-8-20(9-11-21)16(13-22)12-14-4-6-15(19)7-5-14/h4-7,16,22H,8-13H2,1-3H3/t16-/m0/s1. The van der Waals surface area contributed by atoms with E-state index in [1.165, 1.54) is 12.1 Å². The van der Waals surface area contributed by atoms with Crippen LogP contribution in [0.4, 0.5) is 9.18 Å². The number of piperazine rings is 1. The van der Waals surface area contributed by atoms with Crippen LogP contribution in [0.5, 0.6) is 0 Å². The first-order chi connectivity index (χ1) is 11.3. The number of aliphatic hydroxyl groups is 1. The molecule has 1 aromatic carbocycles. The largest absolute Gasteiger partial charge is 0.444 e. The van der Waals surface area contributed by atoms with E-state index in [2.05, 4.69) is 4.90 Å². The van der Waals surface area contributed by atoms with Crippen LogP contribution in [0.3, 0.4) is 0 Å². The molecule has 6 heteroatoms. The van der Waals surface area contributed by atoms with Gasteiger partial charge in [-0.15, -0.1) is 0 Å². The molecule has 1 aromatic rings. The topological polar surface area (TPSA) is 53.0 Å². The van der Waals surface area contributed by atoms with E-state index >= 15 is 0 Å². The summed E-state index contributed by atoms with van der Waals surface area (Å²) in [7, 11) is 0. The van der Waals surface area contributed by atoms with Gasteiger partial charge in [-0.3, -0.25) is 4.90 Å². The van der Waals surface area contributed by atoms with Crippen LogP contribution < -0.4 is 0 Å². The average molecular weight is 338 g/mol. The minimum Gasteiger partial charge on any atom is -0.444 e. The molecule has 0 aromatic heterocycles. The summed E-state index contributed by atoms with van der Waals surface area (Å²) in [4.78, 5) is 16.0. The van der Waals surface area contributed by atoms with Crippen LogP contribution in [-0.4, -0.2) is 65.4 Å². The Hall–Kier alpha value is -1.66. The summed E-state index contributed by atoms with van der Waals surface area (Å²) in [5.41, 5.74) is 0.495. The Labute approximate surface area is 143 Å². The van der Waals surface area contributed by atoms with Gasteiger partial charge in [-0.25, -0.2) is 9.18 Å². The summed E-state index contributed by atoms with van der Waals surface area (Å²) in [5, 5.41) is 9.70. The van der Waals surface area contributed by atoms with Crippen LogP contribution in [0.1, 0.15) is 26.3 Å². The highest BCUT2D eigenvalue weighted by Crippen LogP contribution is 2.15. The van der Waals surface area contributed by atoms with Gasteiger partial charge in [0.15, 0.2) is 0 Å². The second kappa shape index (κ2) is 7.94.